The molecule has 0 radical (unpaired) electrons. The molecule has 5 nitrogen and oxygen atoms in total. The molecule has 0 aliphatic carbocycles. The van der Waals surface area contributed by atoms with Gasteiger partial charge < -0.3 is 9.72 Å². The lowest BCUT2D eigenvalue weighted by Crippen LogP contribution is -2.13. The smallest absolute Gasteiger partial charge is 0.311 e. The van der Waals surface area contributed by atoms with Crippen LogP contribution in [0.2, 0.25) is 5.02 Å². The zero-order valence-electron chi connectivity index (χ0n) is 11.3. The highest BCUT2D eigenvalue weighted by Gasteiger charge is 2.08. The summed E-state index contributed by atoms with van der Waals surface area (Å²) < 4.78 is 4.56. The molecular formula is C14H13ClN2O3S. The van der Waals surface area contributed by atoms with Crippen LogP contribution in [0.3, 0.4) is 0 Å². The van der Waals surface area contributed by atoms with Crippen LogP contribution in [0.25, 0.3) is 0 Å². The van der Waals surface area contributed by atoms with E-state index in [4.69, 9.17) is 11.6 Å². The number of esters is 1. The van der Waals surface area contributed by atoms with Crippen molar-refractivity contribution < 1.29 is 9.53 Å². The molecule has 2 aromatic rings. The molecule has 0 unspecified atom stereocenters. The Hall–Kier alpha value is -1.79. The predicted molar refractivity (Wildman–Crippen MR) is 81.6 cm³/mol. The Morgan fingerprint density at radius 2 is 2.19 bits per heavy atom. The molecule has 21 heavy (non-hydrogen) atoms. The minimum Gasteiger partial charge on any atom is -0.469 e. The van der Waals surface area contributed by atoms with Gasteiger partial charge in [0, 0.05) is 16.8 Å². The summed E-state index contributed by atoms with van der Waals surface area (Å²) in [6, 6.07) is 8.75. The summed E-state index contributed by atoms with van der Waals surface area (Å²) in [5.41, 5.74) is 1.03. The van der Waals surface area contributed by atoms with Crippen molar-refractivity contribution in [2.45, 2.75) is 17.3 Å². The number of halogens is 1. The highest BCUT2D eigenvalue weighted by molar-refractivity contribution is 7.98. The Balaban J connectivity index is 2.11. The first-order valence-electron chi connectivity index (χ1n) is 6.11. The number of thioether (sulfide) groups is 1. The first-order chi connectivity index (χ1) is 10.1. The molecule has 0 aliphatic heterocycles. The second-order valence-corrected chi connectivity index (χ2v) is 5.55. The molecular weight excluding hydrogens is 312 g/mol. The highest BCUT2D eigenvalue weighted by atomic mass is 35.5. The summed E-state index contributed by atoms with van der Waals surface area (Å²) in [7, 11) is 1.29. The third-order valence-corrected chi connectivity index (χ3v) is 3.94. The van der Waals surface area contributed by atoms with Crippen LogP contribution in [0.1, 0.15) is 11.3 Å². The van der Waals surface area contributed by atoms with Crippen LogP contribution in [-0.2, 0) is 21.7 Å². The average molecular weight is 325 g/mol. The maximum absolute atomic E-state index is 11.6. The summed E-state index contributed by atoms with van der Waals surface area (Å²) in [5, 5.41) is 1.11. The number of benzene rings is 1. The molecule has 1 N–H and O–H groups in total. The average Bonchev–Trinajstić information content (AvgIpc) is 2.45. The van der Waals surface area contributed by atoms with Crippen LogP contribution in [0.4, 0.5) is 0 Å². The fraction of sp³-hybridized carbons (Fsp3) is 0.214. The van der Waals surface area contributed by atoms with Gasteiger partial charge in [0.15, 0.2) is 5.16 Å². The summed E-state index contributed by atoms with van der Waals surface area (Å²) in [6.07, 6.45) is -0.0277. The molecule has 0 atom stereocenters. The van der Waals surface area contributed by atoms with Crippen LogP contribution in [0.15, 0.2) is 40.3 Å². The number of carbonyl (C=O) groups is 1. The molecule has 7 heteroatoms. The highest BCUT2D eigenvalue weighted by Crippen LogP contribution is 2.23. The van der Waals surface area contributed by atoms with Gasteiger partial charge in [-0.3, -0.25) is 9.59 Å². The minimum absolute atomic E-state index is 0.0277. The van der Waals surface area contributed by atoms with E-state index in [0.29, 0.717) is 21.6 Å². The van der Waals surface area contributed by atoms with Gasteiger partial charge >= 0.3 is 5.97 Å². The first-order valence-corrected chi connectivity index (χ1v) is 7.48. The number of hydrogen-bond acceptors (Lipinski definition) is 5. The van der Waals surface area contributed by atoms with E-state index in [0.717, 1.165) is 5.56 Å². The summed E-state index contributed by atoms with van der Waals surface area (Å²) in [5.74, 6) is 0.139. The molecule has 0 aliphatic rings. The van der Waals surface area contributed by atoms with Crippen LogP contribution >= 0.6 is 23.4 Å². The van der Waals surface area contributed by atoms with E-state index in [1.165, 1.54) is 24.9 Å². The predicted octanol–water partition coefficient (Wildman–Crippen LogP) is 2.43. The van der Waals surface area contributed by atoms with Crippen molar-refractivity contribution in [2.24, 2.45) is 0 Å². The van der Waals surface area contributed by atoms with E-state index in [1.54, 1.807) is 6.07 Å². The number of H-pyrrole nitrogens is 1. The van der Waals surface area contributed by atoms with Crippen molar-refractivity contribution >= 4 is 29.3 Å². The van der Waals surface area contributed by atoms with Gasteiger partial charge in [0.05, 0.1) is 19.2 Å². The van der Waals surface area contributed by atoms with Crippen molar-refractivity contribution in [1.29, 1.82) is 0 Å². The monoisotopic (exact) mass is 324 g/mol. The van der Waals surface area contributed by atoms with Gasteiger partial charge in [0.2, 0.25) is 0 Å². The normalized spacial score (nSPS) is 10.4. The van der Waals surface area contributed by atoms with Crippen molar-refractivity contribution in [3.63, 3.8) is 0 Å². The Labute approximate surface area is 130 Å². The topological polar surface area (TPSA) is 72.1 Å². The molecule has 2 rings (SSSR count). The van der Waals surface area contributed by atoms with Crippen LogP contribution in [0.5, 0.6) is 0 Å². The number of methoxy groups -OCH3 is 1. The number of nitrogens with one attached hydrogen (secondary N) is 1. The second-order valence-electron chi connectivity index (χ2n) is 4.17. The fourth-order valence-electron chi connectivity index (χ4n) is 1.62. The summed E-state index contributed by atoms with van der Waals surface area (Å²) in [4.78, 5) is 29.7. The van der Waals surface area contributed by atoms with Crippen molar-refractivity contribution in [3.8, 4) is 0 Å². The van der Waals surface area contributed by atoms with Crippen molar-refractivity contribution in [1.82, 2.24) is 9.97 Å². The minimum atomic E-state index is -0.435. The molecule has 1 aromatic carbocycles. The zero-order valence-corrected chi connectivity index (χ0v) is 12.8. The van der Waals surface area contributed by atoms with Crippen LogP contribution in [0, 0.1) is 0 Å². The fourth-order valence-corrected chi connectivity index (χ4v) is 2.80. The first kappa shape index (κ1) is 15.6. The summed E-state index contributed by atoms with van der Waals surface area (Å²) >= 11 is 7.42. The van der Waals surface area contributed by atoms with Crippen molar-refractivity contribution in [2.75, 3.05) is 7.11 Å². The molecule has 0 fully saturated rings. The largest absolute Gasteiger partial charge is 0.469 e. The third-order valence-electron chi connectivity index (χ3n) is 2.65. The molecule has 0 saturated carbocycles. The summed E-state index contributed by atoms with van der Waals surface area (Å²) in [6.45, 7) is 0. The second kappa shape index (κ2) is 7.28. The number of aromatic nitrogens is 2. The lowest BCUT2D eigenvalue weighted by Gasteiger charge is -2.05. The van der Waals surface area contributed by atoms with E-state index in [-0.39, 0.29) is 12.0 Å². The molecule has 0 amide bonds. The Morgan fingerprint density at radius 1 is 1.43 bits per heavy atom. The Kier molecular flexibility index (Phi) is 5.41. The number of aromatic amines is 1. The Bertz CT molecular complexity index is 703. The van der Waals surface area contributed by atoms with E-state index in [9.17, 15) is 9.59 Å². The van der Waals surface area contributed by atoms with Gasteiger partial charge in [-0.2, -0.15) is 0 Å². The maximum atomic E-state index is 11.6. The van der Waals surface area contributed by atoms with E-state index >= 15 is 0 Å². The number of ether oxygens (including phenoxy) is 1. The third kappa shape index (κ3) is 4.61. The van der Waals surface area contributed by atoms with Gasteiger partial charge in [-0.15, -0.1) is 0 Å². The van der Waals surface area contributed by atoms with Gasteiger partial charge in [-0.25, -0.2) is 4.98 Å². The molecule has 1 aromatic heterocycles. The Morgan fingerprint density at radius 3 is 2.90 bits per heavy atom. The van der Waals surface area contributed by atoms with Gasteiger partial charge in [-0.05, 0) is 11.6 Å². The maximum Gasteiger partial charge on any atom is 0.311 e. The van der Waals surface area contributed by atoms with Crippen LogP contribution in [-0.4, -0.2) is 23.0 Å². The number of rotatable bonds is 5. The molecule has 110 valence electrons. The van der Waals surface area contributed by atoms with E-state index in [2.05, 4.69) is 14.7 Å². The number of nitrogens with zero attached hydrogens (tertiary/aromatic N) is 1. The molecule has 0 spiro atoms. The van der Waals surface area contributed by atoms with Gasteiger partial charge in [-0.1, -0.05) is 41.6 Å². The van der Waals surface area contributed by atoms with Gasteiger partial charge in [0.1, 0.15) is 0 Å². The lowest BCUT2D eigenvalue weighted by atomic mass is 10.2. The number of hydrogen-bond donors (Lipinski definition) is 1. The van der Waals surface area contributed by atoms with Gasteiger partial charge in [0.25, 0.3) is 5.56 Å². The van der Waals surface area contributed by atoms with E-state index in [1.807, 2.05) is 18.2 Å². The molecule has 1 heterocycles. The molecule has 0 saturated heterocycles. The molecule has 0 bridgehead atoms. The quantitative estimate of drug-likeness (QED) is 0.519. The lowest BCUT2D eigenvalue weighted by molar-refractivity contribution is -0.139. The standard InChI is InChI=1S/C14H13ClN2O3S/c1-20-13(19)7-10-6-12(18)17-14(16-10)21-8-9-4-2-3-5-11(9)15/h2-6H,7-8H2,1H3,(H,16,17,18). The SMILES string of the molecule is COC(=O)Cc1cc(=O)[nH]c(SCc2ccccc2Cl)n1. The van der Waals surface area contributed by atoms with Crippen LogP contribution < -0.4 is 5.56 Å². The number of carbonyl (C=O) groups excluding carboxylic acids is 1. The zero-order chi connectivity index (χ0) is 15.2. The van der Waals surface area contributed by atoms with E-state index < -0.39 is 5.97 Å². The van der Waals surface area contributed by atoms with Crippen molar-refractivity contribution in [3.05, 3.63) is 57.0 Å².